The molecule has 0 atom stereocenters. The van der Waals surface area contributed by atoms with Gasteiger partial charge in [-0.15, -0.1) is 10.2 Å². The first kappa shape index (κ1) is 13.2. The molecule has 0 radical (unpaired) electrons. The average Bonchev–Trinajstić information content (AvgIpc) is 2.85. The summed E-state index contributed by atoms with van der Waals surface area (Å²) in [4.78, 5) is 0. The number of aromatic nitrogens is 2. The van der Waals surface area contributed by atoms with Crippen molar-refractivity contribution in [2.45, 2.75) is 39.7 Å². The highest BCUT2D eigenvalue weighted by Gasteiger charge is 2.11. The SMILES string of the molecule is Cc1ccc(-c2nnc(CCNC(C)(C)C)s2)o1. The van der Waals surface area contributed by atoms with Crippen LogP contribution in [0, 0.1) is 6.92 Å². The zero-order chi connectivity index (χ0) is 13.2. The molecule has 0 saturated carbocycles. The van der Waals surface area contributed by atoms with Crippen LogP contribution in [0.4, 0.5) is 0 Å². The lowest BCUT2D eigenvalue weighted by Gasteiger charge is -2.19. The molecule has 0 aromatic carbocycles. The van der Waals surface area contributed by atoms with Gasteiger partial charge in [0.25, 0.3) is 0 Å². The van der Waals surface area contributed by atoms with Gasteiger partial charge in [0.15, 0.2) is 10.8 Å². The van der Waals surface area contributed by atoms with Crippen molar-refractivity contribution in [1.82, 2.24) is 15.5 Å². The molecule has 0 aliphatic rings. The van der Waals surface area contributed by atoms with Gasteiger partial charge in [0, 0.05) is 18.5 Å². The maximum absolute atomic E-state index is 5.53. The minimum Gasteiger partial charge on any atom is -0.459 e. The van der Waals surface area contributed by atoms with Crippen LogP contribution in [0.15, 0.2) is 16.5 Å². The van der Waals surface area contributed by atoms with Crippen LogP contribution in [0.25, 0.3) is 10.8 Å². The fourth-order valence-electron chi connectivity index (χ4n) is 1.55. The Balaban J connectivity index is 1.94. The third-order valence-corrected chi connectivity index (χ3v) is 3.41. The summed E-state index contributed by atoms with van der Waals surface area (Å²) >= 11 is 1.59. The minimum atomic E-state index is 0.144. The molecule has 0 saturated heterocycles. The predicted molar refractivity (Wildman–Crippen MR) is 73.8 cm³/mol. The van der Waals surface area contributed by atoms with E-state index in [0.717, 1.165) is 34.5 Å². The topological polar surface area (TPSA) is 51.0 Å². The highest BCUT2D eigenvalue weighted by Crippen LogP contribution is 2.25. The Morgan fingerprint density at radius 1 is 1.28 bits per heavy atom. The second-order valence-corrected chi connectivity index (χ2v) is 6.40. The maximum atomic E-state index is 5.53. The maximum Gasteiger partial charge on any atom is 0.183 e. The van der Waals surface area contributed by atoms with Gasteiger partial charge < -0.3 is 9.73 Å². The standard InChI is InChI=1S/C13H19N3OS/c1-9-5-6-10(17-9)12-16-15-11(18-12)7-8-14-13(2,3)4/h5-6,14H,7-8H2,1-4H3. The summed E-state index contributed by atoms with van der Waals surface area (Å²) in [6.07, 6.45) is 0.897. The zero-order valence-corrected chi connectivity index (χ0v) is 12.1. The summed E-state index contributed by atoms with van der Waals surface area (Å²) in [5.74, 6) is 1.70. The van der Waals surface area contributed by atoms with Crippen molar-refractivity contribution in [3.8, 4) is 10.8 Å². The lowest BCUT2D eigenvalue weighted by Crippen LogP contribution is -2.37. The van der Waals surface area contributed by atoms with Crippen molar-refractivity contribution in [2.75, 3.05) is 6.54 Å². The molecule has 2 aromatic rings. The lowest BCUT2D eigenvalue weighted by molar-refractivity contribution is 0.429. The van der Waals surface area contributed by atoms with E-state index in [0.29, 0.717) is 0 Å². The molecule has 0 unspecified atom stereocenters. The number of rotatable bonds is 4. The Kier molecular flexibility index (Phi) is 3.82. The monoisotopic (exact) mass is 265 g/mol. The molecule has 0 aliphatic carbocycles. The third kappa shape index (κ3) is 3.65. The molecule has 0 amide bonds. The highest BCUT2D eigenvalue weighted by atomic mass is 32.1. The van der Waals surface area contributed by atoms with Gasteiger partial charge in [-0.25, -0.2) is 0 Å². The summed E-state index contributed by atoms with van der Waals surface area (Å²) in [5.41, 5.74) is 0.144. The van der Waals surface area contributed by atoms with Gasteiger partial charge in [-0.1, -0.05) is 11.3 Å². The van der Waals surface area contributed by atoms with Gasteiger partial charge in [0.05, 0.1) is 0 Å². The van der Waals surface area contributed by atoms with Crippen LogP contribution in [-0.2, 0) is 6.42 Å². The zero-order valence-electron chi connectivity index (χ0n) is 11.3. The van der Waals surface area contributed by atoms with E-state index in [4.69, 9.17) is 4.42 Å². The number of hydrogen-bond acceptors (Lipinski definition) is 5. The van der Waals surface area contributed by atoms with Gasteiger partial charge >= 0.3 is 0 Å². The molecule has 4 nitrogen and oxygen atoms in total. The Labute approximate surface area is 111 Å². The fraction of sp³-hybridized carbons (Fsp3) is 0.538. The van der Waals surface area contributed by atoms with Gasteiger partial charge in [-0.3, -0.25) is 0 Å². The van der Waals surface area contributed by atoms with Crippen LogP contribution in [0.1, 0.15) is 31.5 Å². The van der Waals surface area contributed by atoms with E-state index < -0.39 is 0 Å². The van der Waals surface area contributed by atoms with Crippen molar-refractivity contribution >= 4 is 11.3 Å². The Morgan fingerprint density at radius 3 is 2.67 bits per heavy atom. The third-order valence-electron chi connectivity index (χ3n) is 2.41. The van der Waals surface area contributed by atoms with Crippen LogP contribution >= 0.6 is 11.3 Å². The van der Waals surface area contributed by atoms with Gasteiger partial charge in [0.2, 0.25) is 0 Å². The molecule has 5 heteroatoms. The normalized spacial score (nSPS) is 12.0. The Bertz CT molecular complexity index is 510. The van der Waals surface area contributed by atoms with E-state index in [2.05, 4.69) is 36.3 Å². The first-order valence-corrected chi connectivity index (χ1v) is 6.90. The molecule has 2 aromatic heterocycles. The van der Waals surface area contributed by atoms with Crippen molar-refractivity contribution < 1.29 is 4.42 Å². The van der Waals surface area contributed by atoms with Crippen LogP contribution in [0.5, 0.6) is 0 Å². The Morgan fingerprint density at radius 2 is 2.06 bits per heavy atom. The summed E-state index contributed by atoms with van der Waals surface area (Å²) < 4.78 is 5.53. The van der Waals surface area contributed by atoms with E-state index in [9.17, 15) is 0 Å². The number of furan rings is 1. The molecular formula is C13H19N3OS. The number of nitrogens with zero attached hydrogens (tertiary/aromatic N) is 2. The van der Waals surface area contributed by atoms with E-state index in [1.165, 1.54) is 0 Å². The number of hydrogen-bond donors (Lipinski definition) is 1. The average molecular weight is 265 g/mol. The van der Waals surface area contributed by atoms with Crippen LogP contribution in [-0.4, -0.2) is 22.3 Å². The van der Waals surface area contributed by atoms with E-state index in [1.807, 2.05) is 19.1 Å². The van der Waals surface area contributed by atoms with Crippen LogP contribution < -0.4 is 5.32 Å². The van der Waals surface area contributed by atoms with Gasteiger partial charge in [-0.05, 0) is 39.8 Å². The molecule has 2 heterocycles. The van der Waals surface area contributed by atoms with Crippen LogP contribution in [0.3, 0.4) is 0 Å². The second-order valence-electron chi connectivity index (χ2n) is 5.34. The van der Waals surface area contributed by atoms with Gasteiger partial charge in [-0.2, -0.15) is 0 Å². The molecular weight excluding hydrogens is 246 g/mol. The van der Waals surface area contributed by atoms with Crippen LogP contribution in [0.2, 0.25) is 0 Å². The predicted octanol–water partition coefficient (Wildman–Crippen LogP) is 3.04. The highest BCUT2D eigenvalue weighted by molar-refractivity contribution is 7.14. The quantitative estimate of drug-likeness (QED) is 0.923. The molecule has 2 rings (SSSR count). The smallest absolute Gasteiger partial charge is 0.183 e. The number of nitrogens with one attached hydrogen (secondary N) is 1. The molecule has 0 fully saturated rings. The lowest BCUT2D eigenvalue weighted by atomic mass is 10.1. The van der Waals surface area contributed by atoms with E-state index in [1.54, 1.807) is 11.3 Å². The summed E-state index contributed by atoms with van der Waals surface area (Å²) in [6.45, 7) is 9.31. The van der Waals surface area contributed by atoms with Crippen molar-refractivity contribution in [3.05, 3.63) is 22.9 Å². The summed E-state index contributed by atoms with van der Waals surface area (Å²) in [5, 5.41) is 13.7. The molecule has 1 N–H and O–H groups in total. The van der Waals surface area contributed by atoms with E-state index in [-0.39, 0.29) is 5.54 Å². The van der Waals surface area contributed by atoms with Gasteiger partial charge in [0.1, 0.15) is 10.8 Å². The molecule has 0 aliphatic heterocycles. The number of aryl methyl sites for hydroxylation is 1. The van der Waals surface area contributed by atoms with Crippen molar-refractivity contribution in [3.63, 3.8) is 0 Å². The molecule has 18 heavy (non-hydrogen) atoms. The molecule has 98 valence electrons. The first-order valence-electron chi connectivity index (χ1n) is 6.08. The van der Waals surface area contributed by atoms with E-state index >= 15 is 0 Å². The fourth-order valence-corrected chi connectivity index (χ4v) is 2.35. The second kappa shape index (κ2) is 5.20. The Hall–Kier alpha value is -1.20. The largest absolute Gasteiger partial charge is 0.459 e. The van der Waals surface area contributed by atoms with Crippen molar-refractivity contribution in [2.24, 2.45) is 0 Å². The summed E-state index contributed by atoms with van der Waals surface area (Å²) in [7, 11) is 0. The summed E-state index contributed by atoms with van der Waals surface area (Å²) in [6, 6.07) is 3.88. The molecule has 0 bridgehead atoms. The first-order chi connectivity index (χ1) is 8.44. The van der Waals surface area contributed by atoms with Crippen molar-refractivity contribution in [1.29, 1.82) is 0 Å². The minimum absolute atomic E-state index is 0.144. The molecule has 0 spiro atoms.